The van der Waals surface area contributed by atoms with Crippen molar-refractivity contribution in [3.63, 3.8) is 0 Å². The molecule has 2 aliphatic rings. The molecular weight excluding hydrogens is 345 g/mol. The second kappa shape index (κ2) is 8.19. The Bertz CT molecular complexity index is 404. The van der Waals surface area contributed by atoms with Crippen molar-refractivity contribution in [3.05, 3.63) is 23.4 Å². The van der Waals surface area contributed by atoms with Crippen LogP contribution in [0.4, 0.5) is 0 Å². The van der Waals surface area contributed by atoms with Gasteiger partial charge in [-0.15, -0.1) is 0 Å². The van der Waals surface area contributed by atoms with E-state index in [-0.39, 0.29) is 29.9 Å². The molecule has 0 aromatic rings. The van der Waals surface area contributed by atoms with Crippen molar-refractivity contribution in [3.8, 4) is 0 Å². The molecule has 1 N–H and O–H groups in total. The maximum absolute atomic E-state index is 12.6. The van der Waals surface area contributed by atoms with Gasteiger partial charge in [0.15, 0.2) is 0 Å². The number of amides is 1. The summed E-state index contributed by atoms with van der Waals surface area (Å²) in [5.41, 5.74) is 0. The first-order chi connectivity index (χ1) is 8.54. The Hall–Kier alpha value is 0.461. The maximum atomic E-state index is 12.6. The van der Waals surface area contributed by atoms with Crippen molar-refractivity contribution in [1.82, 2.24) is 3.80 Å². The van der Waals surface area contributed by atoms with Crippen LogP contribution >= 0.6 is 0 Å². The Balaban J connectivity index is 0.00000180. The summed E-state index contributed by atoms with van der Waals surface area (Å²) in [6.45, 7) is 4.79. The molecule has 0 aromatic carbocycles. The molecule has 0 heterocycles. The molecule has 1 amide bonds. The summed E-state index contributed by atoms with van der Waals surface area (Å²) in [7, 11) is -1.72. The fraction of sp³-hybridized carbons (Fsp3) is 0.643. The second-order valence-corrected chi connectivity index (χ2v) is 11.3. The van der Waals surface area contributed by atoms with E-state index in [1.54, 1.807) is 25.9 Å². The summed E-state index contributed by atoms with van der Waals surface area (Å²) >= 11 is 1.80. The van der Waals surface area contributed by atoms with E-state index in [9.17, 15) is 4.79 Å². The van der Waals surface area contributed by atoms with Gasteiger partial charge in [0.05, 0.1) is 0 Å². The van der Waals surface area contributed by atoms with Gasteiger partial charge < -0.3 is 24.8 Å². The van der Waals surface area contributed by atoms with Crippen molar-refractivity contribution in [2.75, 3.05) is 0 Å². The number of rotatable bonds is 3. The van der Waals surface area contributed by atoms with E-state index in [4.69, 9.17) is 0 Å². The van der Waals surface area contributed by atoms with Crippen LogP contribution in [0.2, 0.25) is 18.1 Å². The van der Waals surface area contributed by atoms with Crippen molar-refractivity contribution in [2.45, 2.75) is 56.7 Å². The second-order valence-electron chi connectivity index (χ2n) is 6.05. The SMILES string of the molecule is C[Si](C)(C1=CC=CC1)C1(C(=O)[NH][Ti+2])CCCCC1.[Cl-].[Cl-]. The van der Waals surface area contributed by atoms with Crippen molar-refractivity contribution in [1.29, 1.82) is 0 Å². The zero-order valence-corrected chi connectivity index (χ0v) is 16.2. The Morgan fingerprint density at radius 2 is 1.85 bits per heavy atom. The average Bonchev–Trinajstić information content (AvgIpc) is 2.93. The van der Waals surface area contributed by atoms with E-state index in [1.165, 1.54) is 19.3 Å². The molecule has 0 atom stereocenters. The van der Waals surface area contributed by atoms with E-state index in [1.807, 2.05) is 0 Å². The summed E-state index contributed by atoms with van der Waals surface area (Å²) in [5.74, 6) is 0.298. The van der Waals surface area contributed by atoms with Crippen LogP contribution in [-0.4, -0.2) is 14.0 Å². The van der Waals surface area contributed by atoms with E-state index < -0.39 is 8.07 Å². The quantitative estimate of drug-likeness (QED) is 0.546. The molecule has 0 bridgehead atoms. The number of hydrogen-bond donors (Lipinski definition) is 1. The van der Waals surface area contributed by atoms with Gasteiger partial charge in [-0.1, -0.05) is 0 Å². The van der Waals surface area contributed by atoms with Gasteiger partial charge in [0.2, 0.25) is 0 Å². The minimum absolute atomic E-state index is 0. The molecule has 6 heteroatoms. The maximum Gasteiger partial charge on any atom is -1.00 e. The van der Waals surface area contributed by atoms with E-state index in [0.717, 1.165) is 19.3 Å². The van der Waals surface area contributed by atoms with Gasteiger partial charge in [-0.2, -0.15) is 0 Å². The summed E-state index contributed by atoms with van der Waals surface area (Å²) in [6.07, 6.45) is 13.6. The summed E-state index contributed by atoms with van der Waals surface area (Å²) in [5, 5.41) is 1.48. The molecule has 2 rings (SSSR count). The normalized spacial score (nSPS) is 20.5. The number of carbonyl (C=O) groups is 1. The van der Waals surface area contributed by atoms with E-state index in [2.05, 4.69) is 35.1 Å². The Kier molecular flexibility index (Phi) is 8.38. The Morgan fingerprint density at radius 1 is 1.25 bits per heavy atom. The van der Waals surface area contributed by atoms with Gasteiger partial charge in [-0.05, 0) is 0 Å². The van der Waals surface area contributed by atoms with Crippen LogP contribution in [0.5, 0.6) is 0 Å². The van der Waals surface area contributed by atoms with Crippen LogP contribution in [0.3, 0.4) is 0 Å². The molecule has 0 aromatic heterocycles. The molecule has 0 radical (unpaired) electrons. The van der Waals surface area contributed by atoms with Crippen LogP contribution in [-0.2, 0) is 25.5 Å². The molecule has 20 heavy (non-hydrogen) atoms. The molecule has 0 unspecified atom stereocenters. The van der Waals surface area contributed by atoms with Gasteiger partial charge in [0.25, 0.3) is 0 Å². The third-order valence-corrected chi connectivity index (χ3v) is 10.5. The topological polar surface area (TPSA) is 29.1 Å². The van der Waals surface area contributed by atoms with Crippen molar-refractivity contribution >= 4 is 14.0 Å². The molecule has 2 nitrogen and oxygen atoms in total. The van der Waals surface area contributed by atoms with Crippen LogP contribution in [0, 0.1) is 0 Å². The fourth-order valence-corrected chi connectivity index (χ4v) is 8.19. The molecular formula is C14H22Cl2NOSiTi. The molecule has 0 saturated heterocycles. The summed E-state index contributed by atoms with van der Waals surface area (Å²) in [4.78, 5) is 12.6. The molecule has 0 spiro atoms. The number of nitrogens with one attached hydrogen (secondary N) is 1. The minimum Gasteiger partial charge on any atom is -1.00 e. The molecule has 2 aliphatic carbocycles. The standard InChI is InChI=1S/C14H23NOSi.2ClH.Ti/c1-17(2,12-8-4-5-9-12)14(13(15)16)10-6-3-7-11-14;;;/h4-5,8H,3,6-7,9-11H2,1-2H3,(H2,15,16);2*1H;/q;;;+3/p-3. The van der Waals surface area contributed by atoms with Gasteiger partial charge in [-0.25, -0.2) is 0 Å². The van der Waals surface area contributed by atoms with Gasteiger partial charge in [0, 0.05) is 0 Å². The number of carbonyl (C=O) groups excluding carboxylic acids is 1. The van der Waals surface area contributed by atoms with E-state index >= 15 is 0 Å². The molecule has 111 valence electrons. The molecule has 0 aliphatic heterocycles. The van der Waals surface area contributed by atoms with Crippen LogP contribution in [0.25, 0.3) is 0 Å². The summed E-state index contributed by atoms with van der Waals surface area (Å²) in [6, 6.07) is 0. The first-order valence-electron chi connectivity index (χ1n) is 6.88. The number of allylic oxidation sites excluding steroid dienone is 4. The number of hydrogen-bond acceptors (Lipinski definition) is 1. The third kappa shape index (κ3) is 3.44. The van der Waals surface area contributed by atoms with Crippen LogP contribution in [0.15, 0.2) is 23.4 Å². The zero-order chi connectivity index (χ0) is 13.2. The van der Waals surface area contributed by atoms with Crippen LogP contribution in [0.1, 0.15) is 38.5 Å². The van der Waals surface area contributed by atoms with Gasteiger partial charge in [0.1, 0.15) is 0 Å². The smallest absolute Gasteiger partial charge is 1.00 e. The Labute approximate surface area is 147 Å². The summed E-state index contributed by atoms with van der Waals surface area (Å²) < 4.78 is 2.95. The number of halogens is 2. The minimum atomic E-state index is -1.72. The van der Waals surface area contributed by atoms with Gasteiger partial charge in [-0.3, -0.25) is 0 Å². The predicted octanol–water partition coefficient (Wildman–Crippen LogP) is -2.59. The van der Waals surface area contributed by atoms with Gasteiger partial charge >= 0.3 is 123 Å². The predicted molar refractivity (Wildman–Crippen MR) is 73.2 cm³/mol. The molecule has 1 saturated carbocycles. The van der Waals surface area contributed by atoms with Crippen molar-refractivity contribution in [2.24, 2.45) is 0 Å². The Morgan fingerprint density at radius 3 is 2.30 bits per heavy atom. The fourth-order valence-electron chi connectivity index (χ4n) is 3.63. The zero-order valence-electron chi connectivity index (χ0n) is 12.1. The third-order valence-electron chi connectivity index (χ3n) is 5.03. The average molecular weight is 367 g/mol. The monoisotopic (exact) mass is 366 g/mol. The van der Waals surface area contributed by atoms with E-state index in [0.29, 0.717) is 5.91 Å². The molecule has 1 fully saturated rings. The first-order valence-corrected chi connectivity index (χ1v) is 10.7. The first kappa shape index (κ1) is 20.5. The van der Waals surface area contributed by atoms with Crippen LogP contribution < -0.4 is 28.6 Å². The largest absolute Gasteiger partial charge is 1.00 e. The van der Waals surface area contributed by atoms with Crippen molar-refractivity contribution < 1.29 is 50.3 Å².